The van der Waals surface area contributed by atoms with E-state index in [4.69, 9.17) is 0 Å². The molecule has 108 valence electrons. The topological polar surface area (TPSA) is 58.2 Å². The second kappa shape index (κ2) is 7.38. The maximum Gasteiger partial charge on any atom is 0.240 e. The first kappa shape index (κ1) is 16.6. The van der Waals surface area contributed by atoms with Crippen molar-refractivity contribution in [2.24, 2.45) is 0 Å². The molecule has 1 rings (SSSR count). The predicted octanol–water partition coefficient (Wildman–Crippen LogP) is 2.42. The maximum absolute atomic E-state index is 12.1. The van der Waals surface area contributed by atoms with Gasteiger partial charge < -0.3 is 5.32 Å². The summed E-state index contributed by atoms with van der Waals surface area (Å²) in [5.41, 5.74) is 0.746. The summed E-state index contributed by atoms with van der Waals surface area (Å²) in [6.07, 6.45) is 0.768. The molecule has 4 nitrogen and oxygen atoms in total. The van der Waals surface area contributed by atoms with Gasteiger partial charge in [0.05, 0.1) is 4.90 Å². The Kier molecular flexibility index (Phi) is 6.46. The van der Waals surface area contributed by atoms with Gasteiger partial charge in [-0.3, -0.25) is 0 Å². The molecule has 6 heteroatoms. The molecule has 0 bridgehead atoms. The lowest BCUT2D eigenvalue weighted by atomic mass is 10.2. The molecule has 0 saturated heterocycles. The average Bonchev–Trinajstić information content (AvgIpc) is 2.31. The van der Waals surface area contributed by atoms with Crippen LogP contribution in [0.4, 0.5) is 0 Å². The van der Waals surface area contributed by atoms with E-state index < -0.39 is 10.0 Å². The smallest absolute Gasteiger partial charge is 0.240 e. The van der Waals surface area contributed by atoms with Gasteiger partial charge in [0.2, 0.25) is 10.0 Å². The predicted molar refractivity (Wildman–Crippen MR) is 81.8 cm³/mol. The Morgan fingerprint density at radius 2 is 1.95 bits per heavy atom. The molecule has 1 aromatic rings. The maximum atomic E-state index is 12.1. The number of sulfonamides is 1. The molecule has 0 spiro atoms. The molecule has 2 N–H and O–H groups in total. The van der Waals surface area contributed by atoms with Crippen molar-refractivity contribution in [3.05, 3.63) is 28.2 Å². The Morgan fingerprint density at radius 3 is 2.58 bits per heavy atom. The summed E-state index contributed by atoms with van der Waals surface area (Å²) < 4.78 is 27.7. The normalized spacial score (nSPS) is 12.1. The number of aryl methyl sites for hydroxylation is 1. The summed E-state index contributed by atoms with van der Waals surface area (Å²) in [5, 5.41) is 3.25. The van der Waals surface area contributed by atoms with Gasteiger partial charge in [-0.25, -0.2) is 13.1 Å². The highest BCUT2D eigenvalue weighted by molar-refractivity contribution is 9.10. The lowest BCUT2D eigenvalue weighted by Crippen LogP contribution is -2.30. The zero-order chi connectivity index (χ0) is 14.5. The van der Waals surface area contributed by atoms with Gasteiger partial charge in [-0.05, 0) is 37.6 Å². The summed E-state index contributed by atoms with van der Waals surface area (Å²) in [4.78, 5) is 0.332. The monoisotopic (exact) mass is 348 g/mol. The zero-order valence-corrected chi connectivity index (χ0v) is 13.9. The quantitative estimate of drug-likeness (QED) is 0.744. The minimum absolute atomic E-state index is 0.332. The van der Waals surface area contributed by atoms with E-state index in [0.29, 0.717) is 17.5 Å². The van der Waals surface area contributed by atoms with Gasteiger partial charge in [-0.15, -0.1) is 0 Å². The van der Waals surface area contributed by atoms with Crippen LogP contribution in [0.2, 0.25) is 0 Å². The van der Waals surface area contributed by atoms with Crippen LogP contribution in [0, 0.1) is 6.92 Å². The number of nitrogens with one attached hydrogen (secondary N) is 2. The van der Waals surface area contributed by atoms with E-state index in [1.807, 2.05) is 6.07 Å². The Bertz CT molecular complexity index is 515. The molecule has 0 aliphatic heterocycles. The standard InChI is InChI=1S/C13H21BrN2O2S/c1-10(2)15-7-4-8-16-19(17,18)13-9-12(14)6-5-11(13)3/h5-6,9-10,15-16H,4,7-8H2,1-3H3. The van der Waals surface area contributed by atoms with Gasteiger partial charge in [-0.1, -0.05) is 35.8 Å². The van der Waals surface area contributed by atoms with E-state index in [1.165, 1.54) is 0 Å². The highest BCUT2D eigenvalue weighted by atomic mass is 79.9. The highest BCUT2D eigenvalue weighted by Gasteiger charge is 2.16. The van der Waals surface area contributed by atoms with Crippen LogP contribution in [0.25, 0.3) is 0 Å². The van der Waals surface area contributed by atoms with Crippen LogP contribution in [-0.4, -0.2) is 27.5 Å². The summed E-state index contributed by atoms with van der Waals surface area (Å²) in [5.74, 6) is 0. The molecule has 0 aliphatic rings. The SMILES string of the molecule is Cc1ccc(Br)cc1S(=O)(=O)NCCCNC(C)C. The van der Waals surface area contributed by atoms with Crippen molar-refractivity contribution in [1.82, 2.24) is 10.0 Å². The Morgan fingerprint density at radius 1 is 1.26 bits per heavy atom. The van der Waals surface area contributed by atoms with E-state index in [2.05, 4.69) is 39.8 Å². The van der Waals surface area contributed by atoms with Gasteiger partial charge in [0, 0.05) is 17.1 Å². The molecule has 0 radical (unpaired) electrons. The van der Waals surface area contributed by atoms with Crippen molar-refractivity contribution in [3.63, 3.8) is 0 Å². The van der Waals surface area contributed by atoms with Crippen molar-refractivity contribution in [1.29, 1.82) is 0 Å². The van der Waals surface area contributed by atoms with Crippen LogP contribution in [-0.2, 0) is 10.0 Å². The van der Waals surface area contributed by atoms with Crippen molar-refractivity contribution in [2.45, 2.75) is 38.1 Å². The van der Waals surface area contributed by atoms with Gasteiger partial charge in [0.15, 0.2) is 0 Å². The summed E-state index contributed by atoms with van der Waals surface area (Å²) in [6, 6.07) is 5.67. The van der Waals surface area contributed by atoms with Gasteiger partial charge in [0.1, 0.15) is 0 Å². The van der Waals surface area contributed by atoms with Gasteiger partial charge in [-0.2, -0.15) is 0 Å². The van der Waals surface area contributed by atoms with Crippen LogP contribution in [0.3, 0.4) is 0 Å². The molecule has 0 heterocycles. The minimum atomic E-state index is -3.42. The molecule has 0 saturated carbocycles. The third-order valence-corrected chi connectivity index (χ3v) is 4.73. The Labute approximate surface area is 124 Å². The van der Waals surface area contributed by atoms with Crippen LogP contribution >= 0.6 is 15.9 Å². The molecule has 0 fully saturated rings. The zero-order valence-electron chi connectivity index (χ0n) is 11.5. The molecule has 19 heavy (non-hydrogen) atoms. The van der Waals surface area contributed by atoms with Gasteiger partial charge in [0.25, 0.3) is 0 Å². The second-order valence-electron chi connectivity index (χ2n) is 4.77. The summed E-state index contributed by atoms with van der Waals surface area (Å²) >= 11 is 3.30. The van der Waals surface area contributed by atoms with Crippen molar-refractivity contribution in [3.8, 4) is 0 Å². The number of hydrogen-bond acceptors (Lipinski definition) is 3. The Balaban J connectivity index is 2.59. The third kappa shape index (κ3) is 5.60. The fourth-order valence-corrected chi connectivity index (χ4v) is 3.48. The largest absolute Gasteiger partial charge is 0.314 e. The fourth-order valence-electron chi connectivity index (χ4n) is 1.63. The van der Waals surface area contributed by atoms with E-state index in [1.54, 1.807) is 19.1 Å². The lowest BCUT2D eigenvalue weighted by Gasteiger charge is -2.11. The van der Waals surface area contributed by atoms with Crippen LogP contribution in [0.15, 0.2) is 27.6 Å². The average molecular weight is 349 g/mol. The van der Waals surface area contributed by atoms with E-state index in [-0.39, 0.29) is 0 Å². The molecular weight excluding hydrogens is 328 g/mol. The highest BCUT2D eigenvalue weighted by Crippen LogP contribution is 2.20. The number of benzene rings is 1. The molecule has 1 aromatic carbocycles. The van der Waals surface area contributed by atoms with E-state index in [0.717, 1.165) is 23.0 Å². The number of hydrogen-bond donors (Lipinski definition) is 2. The first-order valence-electron chi connectivity index (χ1n) is 6.32. The first-order chi connectivity index (χ1) is 8.83. The van der Waals surface area contributed by atoms with Crippen LogP contribution in [0.5, 0.6) is 0 Å². The van der Waals surface area contributed by atoms with Crippen molar-refractivity contribution < 1.29 is 8.42 Å². The summed E-state index contributed by atoms with van der Waals surface area (Å²) in [6.45, 7) is 7.16. The number of rotatable bonds is 7. The molecule has 0 unspecified atom stereocenters. The van der Waals surface area contributed by atoms with E-state index in [9.17, 15) is 8.42 Å². The molecule has 0 amide bonds. The van der Waals surface area contributed by atoms with Crippen LogP contribution in [0.1, 0.15) is 25.8 Å². The minimum Gasteiger partial charge on any atom is -0.314 e. The number of halogens is 1. The third-order valence-electron chi connectivity index (χ3n) is 2.64. The van der Waals surface area contributed by atoms with Gasteiger partial charge >= 0.3 is 0 Å². The molecule has 0 aliphatic carbocycles. The molecule has 0 aromatic heterocycles. The van der Waals surface area contributed by atoms with Crippen LogP contribution < -0.4 is 10.0 Å². The van der Waals surface area contributed by atoms with Crippen molar-refractivity contribution >= 4 is 26.0 Å². The first-order valence-corrected chi connectivity index (χ1v) is 8.60. The Hall–Kier alpha value is -0.430. The second-order valence-corrected chi connectivity index (χ2v) is 7.42. The van der Waals surface area contributed by atoms with E-state index >= 15 is 0 Å². The lowest BCUT2D eigenvalue weighted by molar-refractivity contribution is 0.554. The summed E-state index contributed by atoms with van der Waals surface area (Å²) in [7, 11) is -3.42. The molecular formula is C13H21BrN2O2S. The fraction of sp³-hybridized carbons (Fsp3) is 0.538. The van der Waals surface area contributed by atoms with Crippen molar-refractivity contribution in [2.75, 3.05) is 13.1 Å². The molecule has 0 atom stereocenters.